The van der Waals surface area contributed by atoms with E-state index in [0.717, 1.165) is 25.6 Å². The van der Waals surface area contributed by atoms with Crippen molar-refractivity contribution >= 4 is 17.1 Å². The van der Waals surface area contributed by atoms with Crippen molar-refractivity contribution in [1.82, 2.24) is 10.3 Å². The predicted octanol–water partition coefficient (Wildman–Crippen LogP) is 3.27. The second-order valence-electron chi connectivity index (χ2n) is 4.72. The maximum Gasteiger partial charge on any atom is 0.443 e. The van der Waals surface area contributed by atoms with Crippen LogP contribution in [0.3, 0.4) is 0 Å². The summed E-state index contributed by atoms with van der Waals surface area (Å²) in [6.45, 7) is 2.69. The van der Waals surface area contributed by atoms with E-state index in [1.165, 1.54) is 0 Å². The number of carbonyl (C=O) groups excluding carboxylic acids is 1. The molecule has 1 atom stereocenters. The van der Waals surface area contributed by atoms with Crippen molar-refractivity contribution in [3.8, 4) is 0 Å². The average Bonchev–Trinajstić information content (AvgIpc) is 2.96. The first-order valence-corrected chi connectivity index (χ1v) is 7.03. The molecule has 1 aliphatic heterocycles. The van der Waals surface area contributed by atoms with E-state index in [4.69, 9.17) is 0 Å². The number of aromatic nitrogens is 1. The van der Waals surface area contributed by atoms with Gasteiger partial charge in [0.1, 0.15) is 0 Å². The molecule has 19 heavy (non-hydrogen) atoms. The molecule has 1 aliphatic rings. The molecule has 1 aromatic rings. The van der Waals surface area contributed by atoms with E-state index >= 15 is 0 Å². The fraction of sp³-hybridized carbons (Fsp3) is 0.667. The third kappa shape index (κ3) is 2.81. The molecule has 0 bridgehead atoms. The highest BCUT2D eigenvalue weighted by Gasteiger charge is 2.42. The molecule has 0 radical (unpaired) electrons. The van der Waals surface area contributed by atoms with E-state index in [-0.39, 0.29) is 10.7 Å². The highest BCUT2D eigenvalue weighted by Crippen LogP contribution is 2.35. The summed E-state index contributed by atoms with van der Waals surface area (Å²) in [7, 11) is 0. The van der Waals surface area contributed by atoms with Gasteiger partial charge in [0.25, 0.3) is 0 Å². The van der Waals surface area contributed by atoms with Crippen LogP contribution < -0.4 is 5.32 Å². The van der Waals surface area contributed by atoms with Gasteiger partial charge >= 0.3 is 6.18 Å². The molecule has 0 spiro atoms. The van der Waals surface area contributed by atoms with Crippen molar-refractivity contribution < 1.29 is 18.0 Å². The summed E-state index contributed by atoms with van der Waals surface area (Å²) in [5.41, 5.74) is -0.690. The largest absolute Gasteiger partial charge is 0.443 e. The van der Waals surface area contributed by atoms with Crippen molar-refractivity contribution in [3.63, 3.8) is 0 Å². The Labute approximate surface area is 113 Å². The van der Waals surface area contributed by atoms with Crippen molar-refractivity contribution in [2.45, 2.75) is 44.3 Å². The number of Topliss-reactive ketones (excluding diaryl/α,β-unsaturated/α-hetero) is 1. The molecule has 2 rings (SSSR count). The SMILES string of the molecule is CCCC1(C(=O)c2cnc(C(F)(F)F)s2)CCCN1. The normalized spacial score (nSPS) is 23.8. The molecule has 0 saturated carbocycles. The van der Waals surface area contributed by atoms with Gasteiger partial charge in [-0.15, -0.1) is 11.3 Å². The molecular formula is C12H15F3N2OS. The molecule has 0 aliphatic carbocycles. The smallest absolute Gasteiger partial charge is 0.305 e. The zero-order chi connectivity index (χ0) is 14.1. The maximum atomic E-state index is 12.5. The lowest BCUT2D eigenvalue weighted by Crippen LogP contribution is -2.47. The number of thiazole rings is 1. The molecule has 1 unspecified atom stereocenters. The van der Waals surface area contributed by atoms with Crippen LogP contribution in [0.25, 0.3) is 0 Å². The van der Waals surface area contributed by atoms with Gasteiger partial charge in [0.15, 0.2) is 10.8 Å². The molecule has 0 amide bonds. The monoisotopic (exact) mass is 292 g/mol. The minimum absolute atomic E-state index is 0.0928. The van der Waals surface area contributed by atoms with Gasteiger partial charge in [-0.2, -0.15) is 13.2 Å². The van der Waals surface area contributed by atoms with Gasteiger partial charge in [-0.1, -0.05) is 13.3 Å². The number of alkyl halides is 3. The molecular weight excluding hydrogens is 277 g/mol. The number of rotatable bonds is 4. The van der Waals surface area contributed by atoms with Gasteiger partial charge in [-0.25, -0.2) is 4.98 Å². The minimum Gasteiger partial charge on any atom is -0.305 e. The summed E-state index contributed by atoms with van der Waals surface area (Å²) in [4.78, 5) is 15.8. The molecule has 1 fully saturated rings. The van der Waals surface area contributed by atoms with E-state index in [1.54, 1.807) is 0 Å². The zero-order valence-corrected chi connectivity index (χ0v) is 11.3. The van der Waals surface area contributed by atoms with Gasteiger partial charge < -0.3 is 5.32 Å². The first-order chi connectivity index (χ1) is 8.89. The summed E-state index contributed by atoms with van der Waals surface area (Å²) in [5, 5.41) is 2.21. The molecule has 3 nitrogen and oxygen atoms in total. The van der Waals surface area contributed by atoms with E-state index in [0.29, 0.717) is 24.2 Å². The Morgan fingerprint density at radius 2 is 2.32 bits per heavy atom. The number of hydrogen-bond donors (Lipinski definition) is 1. The fourth-order valence-corrected chi connectivity index (χ4v) is 3.32. The predicted molar refractivity (Wildman–Crippen MR) is 66.3 cm³/mol. The van der Waals surface area contributed by atoms with Gasteiger partial charge in [-0.05, 0) is 25.8 Å². The lowest BCUT2D eigenvalue weighted by atomic mass is 9.87. The molecule has 1 saturated heterocycles. The average molecular weight is 292 g/mol. The Bertz CT molecular complexity index is 464. The van der Waals surface area contributed by atoms with Crippen LogP contribution in [0.4, 0.5) is 13.2 Å². The van der Waals surface area contributed by atoms with E-state index in [2.05, 4.69) is 10.3 Å². The van der Waals surface area contributed by atoms with Gasteiger partial charge in [0.2, 0.25) is 0 Å². The second kappa shape index (κ2) is 5.20. The number of ketones is 1. The van der Waals surface area contributed by atoms with Crippen molar-refractivity contribution in [2.24, 2.45) is 0 Å². The number of carbonyl (C=O) groups is 1. The summed E-state index contributed by atoms with van der Waals surface area (Å²) in [6.07, 6.45) is -0.429. The van der Waals surface area contributed by atoms with Gasteiger partial charge in [-0.3, -0.25) is 4.79 Å². The quantitative estimate of drug-likeness (QED) is 0.866. The Morgan fingerprint density at radius 1 is 1.58 bits per heavy atom. The van der Waals surface area contributed by atoms with Gasteiger partial charge in [0, 0.05) is 6.20 Å². The van der Waals surface area contributed by atoms with Crippen molar-refractivity contribution in [3.05, 3.63) is 16.1 Å². The Hall–Kier alpha value is -0.950. The third-order valence-electron chi connectivity index (χ3n) is 3.33. The van der Waals surface area contributed by atoms with Crippen LogP contribution in [0.2, 0.25) is 0 Å². The van der Waals surface area contributed by atoms with Crippen LogP contribution in [0.1, 0.15) is 47.3 Å². The van der Waals surface area contributed by atoms with Crippen LogP contribution in [-0.4, -0.2) is 22.9 Å². The Morgan fingerprint density at radius 3 is 2.79 bits per heavy atom. The van der Waals surface area contributed by atoms with Crippen LogP contribution in [0, 0.1) is 0 Å². The first-order valence-electron chi connectivity index (χ1n) is 6.22. The number of halogens is 3. The van der Waals surface area contributed by atoms with Crippen molar-refractivity contribution in [1.29, 1.82) is 0 Å². The topological polar surface area (TPSA) is 42.0 Å². The summed E-state index contributed by atoms with van der Waals surface area (Å²) in [6, 6.07) is 0. The molecule has 0 aromatic carbocycles. The first kappa shape index (κ1) is 14.5. The molecule has 1 N–H and O–H groups in total. The number of nitrogens with one attached hydrogen (secondary N) is 1. The molecule has 2 heterocycles. The molecule has 7 heteroatoms. The Balaban J connectivity index is 2.25. The van der Waals surface area contributed by atoms with E-state index in [1.807, 2.05) is 6.92 Å². The second-order valence-corrected chi connectivity index (χ2v) is 5.75. The van der Waals surface area contributed by atoms with E-state index in [9.17, 15) is 18.0 Å². The number of hydrogen-bond acceptors (Lipinski definition) is 4. The Kier molecular flexibility index (Phi) is 3.96. The number of nitrogens with zero attached hydrogens (tertiary/aromatic N) is 1. The highest BCUT2D eigenvalue weighted by molar-refractivity contribution is 7.13. The van der Waals surface area contributed by atoms with Crippen LogP contribution in [0.15, 0.2) is 6.20 Å². The summed E-state index contributed by atoms with van der Waals surface area (Å²) < 4.78 is 37.5. The van der Waals surface area contributed by atoms with E-state index < -0.39 is 16.7 Å². The standard InChI is InChI=1S/C12H15F3N2OS/c1-2-4-11(5-3-6-17-11)9(18)8-7-16-10(19-8)12(13,14)15/h7,17H,2-6H2,1H3. The molecule has 1 aromatic heterocycles. The zero-order valence-electron chi connectivity index (χ0n) is 10.5. The van der Waals surface area contributed by atoms with Crippen molar-refractivity contribution in [2.75, 3.05) is 6.54 Å². The lowest BCUT2D eigenvalue weighted by molar-refractivity contribution is -0.137. The highest BCUT2D eigenvalue weighted by atomic mass is 32.1. The lowest BCUT2D eigenvalue weighted by Gasteiger charge is -2.26. The van der Waals surface area contributed by atoms with Crippen LogP contribution in [0.5, 0.6) is 0 Å². The molecule has 106 valence electrons. The minimum atomic E-state index is -4.48. The fourth-order valence-electron chi connectivity index (χ4n) is 2.50. The maximum absolute atomic E-state index is 12.5. The van der Waals surface area contributed by atoms with Crippen LogP contribution in [-0.2, 0) is 6.18 Å². The summed E-state index contributed by atoms with van der Waals surface area (Å²) in [5.74, 6) is -0.250. The third-order valence-corrected chi connectivity index (χ3v) is 4.37. The van der Waals surface area contributed by atoms with Gasteiger partial charge in [0.05, 0.1) is 10.4 Å². The summed E-state index contributed by atoms with van der Waals surface area (Å²) >= 11 is 0.434. The van der Waals surface area contributed by atoms with Crippen LogP contribution >= 0.6 is 11.3 Å².